The largest absolute Gasteiger partial charge is 0.481 e. The minimum atomic E-state index is -0.727. The Kier molecular flexibility index (Phi) is 5.07. The number of aromatic nitrogens is 1. The van der Waals surface area contributed by atoms with Gasteiger partial charge in [0.15, 0.2) is 0 Å². The highest BCUT2D eigenvalue weighted by Crippen LogP contribution is 2.06. The summed E-state index contributed by atoms with van der Waals surface area (Å²) >= 11 is 1.66. The van der Waals surface area contributed by atoms with Gasteiger partial charge in [0.25, 0.3) is 0 Å². The fraction of sp³-hybridized carbons (Fsp3) is 0.400. The maximum atomic E-state index is 10.2. The molecule has 0 saturated heterocycles. The normalized spacial score (nSPS) is 10.0. The highest BCUT2D eigenvalue weighted by molar-refractivity contribution is 7.99. The van der Waals surface area contributed by atoms with Gasteiger partial charge in [-0.1, -0.05) is 6.07 Å². The Morgan fingerprint density at radius 2 is 2.29 bits per heavy atom. The van der Waals surface area contributed by atoms with Gasteiger partial charge >= 0.3 is 5.97 Å². The van der Waals surface area contributed by atoms with E-state index in [9.17, 15) is 4.79 Å². The number of hydrogen-bond acceptors (Lipinski definition) is 3. The Bertz CT molecular complexity index is 277. The quantitative estimate of drug-likeness (QED) is 0.729. The van der Waals surface area contributed by atoms with Crippen molar-refractivity contribution in [1.82, 2.24) is 4.98 Å². The number of pyridine rings is 1. The van der Waals surface area contributed by atoms with Crippen LogP contribution in [0.25, 0.3) is 0 Å². The third kappa shape index (κ3) is 4.87. The maximum Gasteiger partial charge on any atom is 0.304 e. The van der Waals surface area contributed by atoms with E-state index in [0.29, 0.717) is 5.75 Å². The fourth-order valence-corrected chi connectivity index (χ4v) is 1.86. The first-order valence-corrected chi connectivity index (χ1v) is 5.64. The summed E-state index contributed by atoms with van der Waals surface area (Å²) in [5.41, 5.74) is 1.07. The number of hydrogen-bond donors (Lipinski definition) is 1. The number of aliphatic carboxylic acids is 1. The van der Waals surface area contributed by atoms with Crippen molar-refractivity contribution in [3.8, 4) is 0 Å². The smallest absolute Gasteiger partial charge is 0.304 e. The van der Waals surface area contributed by atoms with Crippen LogP contribution >= 0.6 is 11.8 Å². The van der Waals surface area contributed by atoms with Gasteiger partial charge in [-0.25, -0.2) is 0 Å². The van der Waals surface area contributed by atoms with E-state index in [2.05, 4.69) is 4.98 Å². The van der Waals surface area contributed by atoms with E-state index in [1.165, 1.54) is 0 Å². The van der Waals surface area contributed by atoms with Crippen LogP contribution in [0, 0.1) is 0 Å². The van der Waals surface area contributed by atoms with Crippen molar-refractivity contribution in [2.45, 2.75) is 12.8 Å². The molecule has 1 heterocycles. The zero-order chi connectivity index (χ0) is 10.2. The Labute approximate surface area is 87.6 Å². The standard InChI is InChI=1S/C10H13NO2S/c12-10(13)5-8-14-7-4-9-3-1-2-6-11-9/h1-3,6H,4-5,7-8H2,(H,12,13). The topological polar surface area (TPSA) is 50.2 Å². The van der Waals surface area contributed by atoms with Crippen molar-refractivity contribution in [2.24, 2.45) is 0 Å². The molecule has 1 aromatic rings. The Hall–Kier alpha value is -1.03. The lowest BCUT2D eigenvalue weighted by Gasteiger charge is -1.99. The highest BCUT2D eigenvalue weighted by Gasteiger charge is 1.97. The summed E-state index contributed by atoms with van der Waals surface area (Å²) in [7, 11) is 0. The van der Waals surface area contributed by atoms with Gasteiger partial charge in [0.2, 0.25) is 0 Å². The van der Waals surface area contributed by atoms with Crippen LogP contribution in [-0.2, 0) is 11.2 Å². The zero-order valence-electron chi connectivity index (χ0n) is 7.85. The second-order valence-corrected chi connectivity index (χ2v) is 4.05. The van der Waals surface area contributed by atoms with Crippen LogP contribution in [0.2, 0.25) is 0 Å². The molecule has 4 heteroatoms. The predicted molar refractivity (Wildman–Crippen MR) is 57.5 cm³/mol. The number of carboxylic acids is 1. The van der Waals surface area contributed by atoms with Crippen LogP contribution in [0.4, 0.5) is 0 Å². The molecule has 0 aliphatic carbocycles. The third-order valence-corrected chi connectivity index (χ3v) is 2.67. The number of carboxylic acid groups (broad SMARTS) is 1. The minimum absolute atomic E-state index is 0.243. The van der Waals surface area contributed by atoms with Crippen molar-refractivity contribution in [3.63, 3.8) is 0 Å². The van der Waals surface area contributed by atoms with Gasteiger partial charge in [0, 0.05) is 17.6 Å². The van der Waals surface area contributed by atoms with Crippen molar-refractivity contribution < 1.29 is 9.90 Å². The van der Waals surface area contributed by atoms with E-state index >= 15 is 0 Å². The molecule has 0 aromatic carbocycles. The molecule has 3 nitrogen and oxygen atoms in total. The van der Waals surface area contributed by atoms with Crippen molar-refractivity contribution in [1.29, 1.82) is 0 Å². The van der Waals surface area contributed by atoms with Gasteiger partial charge in [0.05, 0.1) is 6.42 Å². The summed E-state index contributed by atoms with van der Waals surface area (Å²) in [4.78, 5) is 14.4. The zero-order valence-corrected chi connectivity index (χ0v) is 8.67. The average Bonchev–Trinajstić information content (AvgIpc) is 2.18. The summed E-state index contributed by atoms with van der Waals surface area (Å²) in [5, 5.41) is 8.40. The Morgan fingerprint density at radius 3 is 2.93 bits per heavy atom. The first kappa shape index (κ1) is 11.0. The van der Waals surface area contributed by atoms with Crippen LogP contribution in [0.15, 0.2) is 24.4 Å². The van der Waals surface area contributed by atoms with Gasteiger partial charge in [0.1, 0.15) is 0 Å². The highest BCUT2D eigenvalue weighted by atomic mass is 32.2. The summed E-state index contributed by atoms with van der Waals surface area (Å²) in [6.07, 6.45) is 2.93. The molecule has 14 heavy (non-hydrogen) atoms. The molecule has 1 aromatic heterocycles. The molecule has 1 N–H and O–H groups in total. The monoisotopic (exact) mass is 211 g/mol. The fourth-order valence-electron chi connectivity index (χ4n) is 0.984. The van der Waals surface area contributed by atoms with Gasteiger partial charge in [-0.15, -0.1) is 0 Å². The van der Waals surface area contributed by atoms with Crippen LogP contribution in [0.5, 0.6) is 0 Å². The number of thioether (sulfide) groups is 1. The molecule has 0 fully saturated rings. The van der Waals surface area contributed by atoms with Crippen molar-refractivity contribution in [2.75, 3.05) is 11.5 Å². The molecule has 0 aliphatic rings. The minimum Gasteiger partial charge on any atom is -0.481 e. The summed E-state index contributed by atoms with van der Waals surface area (Å²) in [5.74, 6) is 0.891. The molecular formula is C10H13NO2S. The van der Waals surface area contributed by atoms with E-state index in [1.807, 2.05) is 18.2 Å². The van der Waals surface area contributed by atoms with Crippen LogP contribution in [0.1, 0.15) is 12.1 Å². The predicted octanol–water partition coefficient (Wildman–Crippen LogP) is 1.83. The molecule has 0 saturated carbocycles. The van der Waals surface area contributed by atoms with Gasteiger partial charge in [-0.2, -0.15) is 11.8 Å². The summed E-state index contributed by atoms with van der Waals surface area (Å²) in [6.45, 7) is 0. The van der Waals surface area contributed by atoms with Gasteiger partial charge < -0.3 is 5.11 Å². The van der Waals surface area contributed by atoms with Crippen LogP contribution in [0.3, 0.4) is 0 Å². The molecule has 0 unspecified atom stereocenters. The van der Waals surface area contributed by atoms with E-state index in [-0.39, 0.29) is 6.42 Å². The van der Waals surface area contributed by atoms with E-state index in [0.717, 1.165) is 17.9 Å². The molecule has 0 bridgehead atoms. The second-order valence-electron chi connectivity index (χ2n) is 2.83. The number of rotatable bonds is 6. The molecule has 0 aliphatic heterocycles. The first-order valence-electron chi connectivity index (χ1n) is 4.48. The number of aryl methyl sites for hydroxylation is 1. The lowest BCUT2D eigenvalue weighted by Crippen LogP contribution is -1.98. The van der Waals surface area contributed by atoms with E-state index in [4.69, 9.17) is 5.11 Å². The van der Waals surface area contributed by atoms with E-state index in [1.54, 1.807) is 18.0 Å². The van der Waals surface area contributed by atoms with Crippen LogP contribution in [-0.4, -0.2) is 27.6 Å². The summed E-state index contributed by atoms with van der Waals surface area (Å²) < 4.78 is 0. The molecule has 0 atom stereocenters. The lowest BCUT2D eigenvalue weighted by molar-refractivity contribution is -0.136. The van der Waals surface area contributed by atoms with Crippen LogP contribution < -0.4 is 0 Å². The molecule has 0 amide bonds. The van der Waals surface area contributed by atoms with Gasteiger partial charge in [-0.3, -0.25) is 9.78 Å². The number of carbonyl (C=O) groups is 1. The molecule has 76 valence electrons. The second kappa shape index (κ2) is 6.43. The number of nitrogens with zero attached hydrogens (tertiary/aromatic N) is 1. The Balaban J connectivity index is 2.08. The average molecular weight is 211 g/mol. The molecular weight excluding hydrogens is 198 g/mol. The van der Waals surface area contributed by atoms with Crippen molar-refractivity contribution >= 4 is 17.7 Å². The molecule has 0 spiro atoms. The molecule has 0 radical (unpaired) electrons. The lowest BCUT2D eigenvalue weighted by atomic mass is 10.3. The van der Waals surface area contributed by atoms with E-state index < -0.39 is 5.97 Å². The SMILES string of the molecule is O=C(O)CCSCCc1ccccn1. The Morgan fingerprint density at radius 1 is 1.43 bits per heavy atom. The third-order valence-electron chi connectivity index (χ3n) is 1.69. The van der Waals surface area contributed by atoms with Crippen molar-refractivity contribution in [3.05, 3.63) is 30.1 Å². The van der Waals surface area contributed by atoms with Gasteiger partial charge in [-0.05, 0) is 24.3 Å². The first-order chi connectivity index (χ1) is 6.79. The maximum absolute atomic E-state index is 10.2. The molecule has 1 rings (SSSR count). The summed E-state index contributed by atoms with van der Waals surface area (Å²) in [6, 6.07) is 5.84.